The maximum Gasteiger partial charge on any atom is 0.119 e. The number of ether oxygens (including phenoxy) is 2. The molecule has 24 heavy (non-hydrogen) atoms. The summed E-state index contributed by atoms with van der Waals surface area (Å²) in [6.07, 6.45) is 0.309. The van der Waals surface area contributed by atoms with Crippen LogP contribution in [-0.2, 0) is 6.42 Å². The lowest BCUT2D eigenvalue weighted by Gasteiger charge is -2.28. The molecule has 0 fully saturated rings. The van der Waals surface area contributed by atoms with Crippen LogP contribution in [0.25, 0.3) is 0 Å². The molecule has 0 saturated heterocycles. The number of aliphatic hydroxyl groups is 1. The van der Waals surface area contributed by atoms with Gasteiger partial charge in [0.1, 0.15) is 24.2 Å². The lowest BCUT2D eigenvalue weighted by atomic mass is 9.94. The van der Waals surface area contributed by atoms with Gasteiger partial charge in [-0.05, 0) is 50.1 Å². The molecule has 2 N–H and O–H groups in total. The smallest absolute Gasteiger partial charge is 0.119 e. The van der Waals surface area contributed by atoms with Crippen LogP contribution in [0.3, 0.4) is 0 Å². The second-order valence-corrected chi connectivity index (χ2v) is 6.57. The highest BCUT2D eigenvalue weighted by Gasteiger charge is 2.19. The normalized spacial score (nSPS) is 12.7. The van der Waals surface area contributed by atoms with Gasteiger partial charge in [0.2, 0.25) is 0 Å². The molecule has 4 heteroatoms. The van der Waals surface area contributed by atoms with Gasteiger partial charge in [-0.1, -0.05) is 30.3 Å². The highest BCUT2D eigenvalue weighted by molar-refractivity contribution is 5.28. The molecule has 2 aromatic rings. The average molecular weight is 329 g/mol. The molecular weight excluding hydrogens is 302 g/mol. The van der Waals surface area contributed by atoms with E-state index in [0.717, 1.165) is 17.9 Å². The quantitative estimate of drug-likeness (QED) is 0.742. The first-order chi connectivity index (χ1) is 11.5. The fraction of sp³-hybridized carbons (Fsp3) is 0.400. The van der Waals surface area contributed by atoms with Crippen LogP contribution in [0.5, 0.6) is 11.5 Å². The summed E-state index contributed by atoms with van der Waals surface area (Å²) in [7, 11) is 1.67. The molecule has 0 unspecified atom stereocenters. The van der Waals surface area contributed by atoms with Gasteiger partial charge < -0.3 is 19.9 Å². The Morgan fingerprint density at radius 3 is 2.29 bits per heavy atom. The number of β-amino-alcohol motifs (C(OH)–C–C–N with tert-alkyl or cyclic N) is 1. The molecule has 0 bridgehead atoms. The number of benzene rings is 2. The molecule has 0 aliphatic rings. The topological polar surface area (TPSA) is 50.7 Å². The van der Waals surface area contributed by atoms with E-state index in [-0.39, 0.29) is 12.1 Å². The minimum atomic E-state index is -0.555. The fourth-order valence-electron chi connectivity index (χ4n) is 2.48. The highest BCUT2D eigenvalue weighted by atomic mass is 16.5. The molecule has 0 heterocycles. The zero-order valence-corrected chi connectivity index (χ0v) is 14.7. The molecule has 0 aliphatic carbocycles. The van der Waals surface area contributed by atoms with E-state index in [9.17, 15) is 5.11 Å². The lowest BCUT2D eigenvalue weighted by Crippen LogP contribution is -2.46. The van der Waals surface area contributed by atoms with E-state index >= 15 is 0 Å². The maximum absolute atomic E-state index is 10.1. The third-order valence-electron chi connectivity index (χ3n) is 3.81. The molecule has 1 atom stereocenters. The highest BCUT2D eigenvalue weighted by Crippen LogP contribution is 2.17. The average Bonchev–Trinajstić information content (AvgIpc) is 2.59. The first kappa shape index (κ1) is 18.3. The van der Waals surface area contributed by atoms with E-state index in [1.807, 2.05) is 42.5 Å². The number of methoxy groups -OCH3 is 1. The minimum Gasteiger partial charge on any atom is -0.497 e. The van der Waals surface area contributed by atoms with Gasteiger partial charge in [-0.3, -0.25) is 0 Å². The van der Waals surface area contributed by atoms with Gasteiger partial charge in [0, 0.05) is 12.1 Å². The molecule has 4 nitrogen and oxygen atoms in total. The van der Waals surface area contributed by atoms with Gasteiger partial charge in [0.15, 0.2) is 0 Å². The summed E-state index contributed by atoms with van der Waals surface area (Å²) in [4.78, 5) is 0. The molecule has 0 aromatic heterocycles. The van der Waals surface area contributed by atoms with Crippen LogP contribution in [0, 0.1) is 0 Å². The molecule has 0 radical (unpaired) electrons. The molecule has 130 valence electrons. The largest absolute Gasteiger partial charge is 0.497 e. The summed E-state index contributed by atoms with van der Waals surface area (Å²) in [5, 5.41) is 13.5. The van der Waals surface area contributed by atoms with Crippen LogP contribution in [0.2, 0.25) is 0 Å². The predicted octanol–water partition coefficient (Wildman–Crippen LogP) is 3.05. The van der Waals surface area contributed by atoms with E-state index in [1.165, 1.54) is 5.56 Å². The molecule has 0 spiro atoms. The monoisotopic (exact) mass is 329 g/mol. The third-order valence-corrected chi connectivity index (χ3v) is 3.81. The zero-order valence-electron chi connectivity index (χ0n) is 14.7. The van der Waals surface area contributed by atoms with E-state index in [4.69, 9.17) is 9.47 Å². The van der Waals surface area contributed by atoms with Crippen molar-refractivity contribution in [2.24, 2.45) is 0 Å². The van der Waals surface area contributed by atoms with E-state index < -0.39 is 6.10 Å². The Bertz CT molecular complexity index is 596. The van der Waals surface area contributed by atoms with Gasteiger partial charge in [0.25, 0.3) is 0 Å². The number of nitrogens with one attached hydrogen (secondary N) is 1. The maximum atomic E-state index is 10.1. The number of aliphatic hydroxyl groups excluding tert-OH is 1. The first-order valence-corrected chi connectivity index (χ1v) is 8.22. The Hall–Kier alpha value is -2.04. The summed E-state index contributed by atoms with van der Waals surface area (Å²) in [6, 6.07) is 17.6. The molecule has 0 aliphatic heterocycles. The Kier molecular flexibility index (Phi) is 6.64. The van der Waals surface area contributed by atoms with Crippen LogP contribution in [0.4, 0.5) is 0 Å². The summed E-state index contributed by atoms with van der Waals surface area (Å²) in [5.74, 6) is 1.63. The summed E-state index contributed by atoms with van der Waals surface area (Å²) in [6.45, 7) is 5.01. The lowest BCUT2D eigenvalue weighted by molar-refractivity contribution is 0.0988. The standard InChI is InChI=1S/C20H27NO3/c1-20(2,13-16-9-11-18(23-3)12-10-16)21-14-17(22)15-24-19-7-5-4-6-8-19/h4-12,17,21-22H,13-15H2,1-3H3/t17-/m1/s1. The van der Waals surface area contributed by atoms with Crippen molar-refractivity contribution in [3.8, 4) is 11.5 Å². The van der Waals surface area contributed by atoms with Crippen LogP contribution in [0.1, 0.15) is 19.4 Å². The number of hydrogen-bond donors (Lipinski definition) is 2. The first-order valence-electron chi connectivity index (χ1n) is 8.22. The molecule has 0 saturated carbocycles. The van der Waals surface area contributed by atoms with E-state index in [2.05, 4.69) is 31.3 Å². The van der Waals surface area contributed by atoms with Gasteiger partial charge in [0.05, 0.1) is 7.11 Å². The van der Waals surface area contributed by atoms with Gasteiger partial charge in [-0.25, -0.2) is 0 Å². The Morgan fingerprint density at radius 2 is 1.67 bits per heavy atom. The SMILES string of the molecule is COc1ccc(CC(C)(C)NC[C@@H](O)COc2ccccc2)cc1. The zero-order chi connectivity index (χ0) is 17.4. The van der Waals surface area contributed by atoms with Gasteiger partial charge in [-0.2, -0.15) is 0 Å². The number of rotatable bonds is 9. The number of hydrogen-bond acceptors (Lipinski definition) is 4. The van der Waals surface area contributed by atoms with Crippen molar-refractivity contribution >= 4 is 0 Å². The van der Waals surface area contributed by atoms with Gasteiger partial charge >= 0.3 is 0 Å². The Labute approximate surface area is 144 Å². The second-order valence-electron chi connectivity index (χ2n) is 6.57. The molecular formula is C20H27NO3. The van der Waals surface area contributed by atoms with Crippen molar-refractivity contribution < 1.29 is 14.6 Å². The van der Waals surface area contributed by atoms with Crippen LogP contribution in [0.15, 0.2) is 54.6 Å². The summed E-state index contributed by atoms with van der Waals surface area (Å²) in [5.41, 5.74) is 1.10. The molecule has 2 rings (SSSR count). The number of para-hydroxylation sites is 1. The minimum absolute atomic E-state index is 0.123. The summed E-state index contributed by atoms with van der Waals surface area (Å²) < 4.78 is 10.8. The van der Waals surface area contributed by atoms with Crippen LogP contribution in [-0.4, -0.2) is 37.0 Å². The second kappa shape index (κ2) is 8.71. The van der Waals surface area contributed by atoms with Crippen molar-refractivity contribution in [2.45, 2.75) is 31.9 Å². The summed E-state index contributed by atoms with van der Waals surface area (Å²) >= 11 is 0. The van der Waals surface area contributed by atoms with E-state index in [1.54, 1.807) is 7.11 Å². The van der Waals surface area contributed by atoms with Crippen molar-refractivity contribution in [1.29, 1.82) is 0 Å². The Morgan fingerprint density at radius 1 is 1.00 bits per heavy atom. The van der Waals surface area contributed by atoms with Crippen molar-refractivity contribution in [3.63, 3.8) is 0 Å². The van der Waals surface area contributed by atoms with Crippen LogP contribution < -0.4 is 14.8 Å². The molecule has 2 aromatic carbocycles. The van der Waals surface area contributed by atoms with Crippen molar-refractivity contribution in [1.82, 2.24) is 5.32 Å². The van der Waals surface area contributed by atoms with E-state index in [0.29, 0.717) is 6.54 Å². The van der Waals surface area contributed by atoms with Crippen molar-refractivity contribution in [3.05, 3.63) is 60.2 Å². The predicted molar refractivity (Wildman–Crippen MR) is 96.7 cm³/mol. The van der Waals surface area contributed by atoms with Crippen LogP contribution >= 0.6 is 0 Å². The third kappa shape index (κ3) is 6.22. The van der Waals surface area contributed by atoms with Crippen molar-refractivity contribution in [2.75, 3.05) is 20.3 Å². The fourth-order valence-corrected chi connectivity index (χ4v) is 2.48. The molecule has 0 amide bonds. The Balaban J connectivity index is 1.76. The van der Waals surface area contributed by atoms with Gasteiger partial charge in [-0.15, -0.1) is 0 Å².